The van der Waals surface area contributed by atoms with Crippen LogP contribution in [0.4, 0.5) is 0 Å². The predicted molar refractivity (Wildman–Crippen MR) is 131 cm³/mol. The first-order valence-corrected chi connectivity index (χ1v) is 11.2. The van der Waals surface area contributed by atoms with Crippen LogP contribution >= 0.6 is 34.5 Å². The van der Waals surface area contributed by atoms with E-state index in [4.69, 9.17) is 28.2 Å². The number of rotatable bonds is 6. The number of hydrogen-bond acceptors (Lipinski definition) is 3. The lowest BCUT2D eigenvalue weighted by Gasteiger charge is -2.09. The molecule has 1 N–H and O–H groups in total. The standard InChI is InChI=1S/C25H18Cl2N2OS/c26-21-12-6-4-10-18(21)14-19(15-28-24(30)20-11-5-7-13-22(20)27)25-29-23(16-31-25)17-8-2-1-3-9-17/h1-14,16H,15H2,(H,28,30)/b19-14-. The highest BCUT2D eigenvalue weighted by Gasteiger charge is 2.14. The second-order valence-corrected chi connectivity index (χ2v) is 8.43. The summed E-state index contributed by atoms with van der Waals surface area (Å²) in [5.41, 5.74) is 4.10. The summed E-state index contributed by atoms with van der Waals surface area (Å²) >= 11 is 14.1. The van der Waals surface area contributed by atoms with Gasteiger partial charge in [-0.1, -0.05) is 83.9 Å². The van der Waals surface area contributed by atoms with Crippen LogP contribution in [0.15, 0.2) is 84.2 Å². The van der Waals surface area contributed by atoms with E-state index in [9.17, 15) is 4.79 Å². The van der Waals surface area contributed by atoms with Gasteiger partial charge in [-0.05, 0) is 29.8 Å². The van der Waals surface area contributed by atoms with Crippen molar-refractivity contribution >= 4 is 52.1 Å². The van der Waals surface area contributed by atoms with Gasteiger partial charge in [0.2, 0.25) is 0 Å². The van der Waals surface area contributed by atoms with Crippen molar-refractivity contribution in [1.29, 1.82) is 0 Å². The largest absolute Gasteiger partial charge is 0.348 e. The molecule has 0 saturated heterocycles. The van der Waals surface area contributed by atoms with E-state index in [1.54, 1.807) is 24.3 Å². The number of hydrogen-bond donors (Lipinski definition) is 1. The number of aromatic nitrogens is 1. The molecule has 0 atom stereocenters. The average Bonchev–Trinajstić information content (AvgIpc) is 3.29. The van der Waals surface area contributed by atoms with Gasteiger partial charge < -0.3 is 5.32 Å². The smallest absolute Gasteiger partial charge is 0.253 e. The molecule has 0 spiro atoms. The molecule has 0 saturated carbocycles. The van der Waals surface area contributed by atoms with E-state index in [2.05, 4.69) is 5.32 Å². The van der Waals surface area contributed by atoms with Gasteiger partial charge in [-0.3, -0.25) is 4.79 Å². The molecule has 3 aromatic carbocycles. The number of thiazole rings is 1. The normalized spacial score (nSPS) is 11.4. The number of benzene rings is 3. The zero-order chi connectivity index (χ0) is 21.6. The van der Waals surface area contributed by atoms with Crippen LogP contribution in [0.2, 0.25) is 10.0 Å². The third-order valence-corrected chi connectivity index (χ3v) is 6.23. The number of halogens is 2. The molecule has 0 radical (unpaired) electrons. The summed E-state index contributed by atoms with van der Waals surface area (Å²) in [6.07, 6.45) is 1.96. The molecular weight excluding hydrogens is 447 g/mol. The fourth-order valence-corrected chi connectivity index (χ4v) is 4.30. The zero-order valence-corrected chi connectivity index (χ0v) is 18.7. The first kappa shape index (κ1) is 21.3. The molecule has 154 valence electrons. The molecule has 0 unspecified atom stereocenters. The Morgan fingerprint density at radius 3 is 2.32 bits per heavy atom. The lowest BCUT2D eigenvalue weighted by molar-refractivity contribution is 0.0959. The van der Waals surface area contributed by atoms with E-state index in [0.717, 1.165) is 27.4 Å². The van der Waals surface area contributed by atoms with Crippen LogP contribution in [0.1, 0.15) is 20.9 Å². The summed E-state index contributed by atoms with van der Waals surface area (Å²) in [5, 5.41) is 6.84. The Hall–Kier alpha value is -2.92. The summed E-state index contributed by atoms with van der Waals surface area (Å²) in [7, 11) is 0. The molecular formula is C25H18Cl2N2OS. The lowest BCUT2D eigenvalue weighted by Crippen LogP contribution is -2.25. The summed E-state index contributed by atoms with van der Waals surface area (Å²) in [6, 6.07) is 24.6. The average molecular weight is 465 g/mol. The first-order valence-electron chi connectivity index (χ1n) is 9.61. The van der Waals surface area contributed by atoms with Gasteiger partial charge in [-0.25, -0.2) is 4.98 Å². The Morgan fingerprint density at radius 1 is 0.903 bits per heavy atom. The van der Waals surface area contributed by atoms with Crippen LogP contribution in [0.5, 0.6) is 0 Å². The Kier molecular flexibility index (Phi) is 6.82. The van der Waals surface area contributed by atoms with E-state index < -0.39 is 0 Å². The monoisotopic (exact) mass is 464 g/mol. The molecule has 3 nitrogen and oxygen atoms in total. The quantitative estimate of drug-likeness (QED) is 0.330. The van der Waals surface area contributed by atoms with Gasteiger partial charge in [-0.2, -0.15) is 0 Å². The summed E-state index contributed by atoms with van der Waals surface area (Å²) in [5.74, 6) is -0.240. The van der Waals surface area contributed by atoms with E-state index in [1.165, 1.54) is 11.3 Å². The Bertz CT molecular complexity index is 1240. The van der Waals surface area contributed by atoms with Crippen LogP contribution in [0, 0.1) is 0 Å². The van der Waals surface area contributed by atoms with Crippen molar-refractivity contribution in [1.82, 2.24) is 10.3 Å². The van der Waals surface area contributed by atoms with Gasteiger partial charge in [0.15, 0.2) is 0 Å². The minimum atomic E-state index is -0.240. The maximum Gasteiger partial charge on any atom is 0.253 e. The molecule has 0 bridgehead atoms. The molecule has 6 heteroatoms. The van der Waals surface area contributed by atoms with Crippen molar-refractivity contribution < 1.29 is 4.79 Å². The van der Waals surface area contributed by atoms with Crippen LogP contribution in [0.3, 0.4) is 0 Å². The number of carbonyl (C=O) groups is 1. The molecule has 1 heterocycles. The zero-order valence-electron chi connectivity index (χ0n) is 16.4. The summed E-state index contributed by atoms with van der Waals surface area (Å²) in [6.45, 7) is 0.289. The van der Waals surface area contributed by atoms with Gasteiger partial charge in [-0.15, -0.1) is 11.3 Å². The molecule has 31 heavy (non-hydrogen) atoms. The highest BCUT2D eigenvalue weighted by molar-refractivity contribution is 7.11. The summed E-state index contributed by atoms with van der Waals surface area (Å²) < 4.78 is 0. The predicted octanol–water partition coefficient (Wildman–Crippen LogP) is 7.09. The highest BCUT2D eigenvalue weighted by Crippen LogP contribution is 2.29. The number of amides is 1. The Labute approximate surface area is 195 Å². The lowest BCUT2D eigenvalue weighted by atomic mass is 10.1. The van der Waals surface area contributed by atoms with E-state index in [0.29, 0.717) is 15.6 Å². The van der Waals surface area contributed by atoms with Crippen LogP contribution in [-0.4, -0.2) is 17.4 Å². The number of carbonyl (C=O) groups excluding carboxylic acids is 1. The van der Waals surface area contributed by atoms with E-state index in [-0.39, 0.29) is 12.5 Å². The van der Waals surface area contributed by atoms with Crippen molar-refractivity contribution in [3.05, 3.63) is 110 Å². The van der Waals surface area contributed by atoms with Crippen LogP contribution < -0.4 is 5.32 Å². The van der Waals surface area contributed by atoms with E-state index >= 15 is 0 Å². The van der Waals surface area contributed by atoms with Crippen molar-refractivity contribution in [3.8, 4) is 11.3 Å². The second-order valence-electron chi connectivity index (χ2n) is 6.76. The van der Waals surface area contributed by atoms with Crippen LogP contribution in [0.25, 0.3) is 22.9 Å². The first-order chi connectivity index (χ1) is 15.1. The van der Waals surface area contributed by atoms with Crippen molar-refractivity contribution in [2.24, 2.45) is 0 Å². The van der Waals surface area contributed by atoms with Crippen molar-refractivity contribution in [2.45, 2.75) is 0 Å². The third-order valence-electron chi connectivity index (χ3n) is 4.64. The van der Waals surface area contributed by atoms with Gasteiger partial charge >= 0.3 is 0 Å². The fourth-order valence-electron chi connectivity index (χ4n) is 3.05. The van der Waals surface area contributed by atoms with Gasteiger partial charge in [0, 0.05) is 28.1 Å². The maximum atomic E-state index is 12.7. The molecule has 0 fully saturated rings. The number of nitrogens with one attached hydrogen (secondary N) is 1. The van der Waals surface area contributed by atoms with E-state index in [1.807, 2.05) is 66.1 Å². The number of nitrogens with zero attached hydrogens (tertiary/aromatic N) is 1. The molecule has 4 aromatic rings. The molecule has 1 aromatic heterocycles. The second kappa shape index (κ2) is 9.92. The third kappa shape index (κ3) is 5.23. The van der Waals surface area contributed by atoms with Crippen molar-refractivity contribution in [3.63, 3.8) is 0 Å². The topological polar surface area (TPSA) is 42.0 Å². The minimum absolute atomic E-state index is 0.240. The summed E-state index contributed by atoms with van der Waals surface area (Å²) in [4.78, 5) is 17.5. The van der Waals surface area contributed by atoms with Gasteiger partial charge in [0.25, 0.3) is 5.91 Å². The van der Waals surface area contributed by atoms with Crippen molar-refractivity contribution in [2.75, 3.05) is 6.54 Å². The van der Waals surface area contributed by atoms with Crippen LogP contribution in [-0.2, 0) is 0 Å². The van der Waals surface area contributed by atoms with Gasteiger partial charge in [0.1, 0.15) is 5.01 Å². The Balaban J connectivity index is 1.64. The molecule has 0 aliphatic carbocycles. The van der Waals surface area contributed by atoms with Gasteiger partial charge in [0.05, 0.1) is 16.3 Å². The Morgan fingerprint density at radius 2 is 1.58 bits per heavy atom. The fraction of sp³-hybridized carbons (Fsp3) is 0.0400. The molecule has 4 rings (SSSR count). The SMILES string of the molecule is O=C(NC/C(=C/c1ccccc1Cl)c1nc(-c2ccccc2)cs1)c1ccccc1Cl. The maximum absolute atomic E-state index is 12.7. The molecule has 1 amide bonds. The minimum Gasteiger partial charge on any atom is -0.348 e. The highest BCUT2D eigenvalue weighted by atomic mass is 35.5. The molecule has 0 aliphatic rings. The molecule has 0 aliphatic heterocycles.